The minimum atomic E-state index is -4.84. The van der Waals surface area contributed by atoms with Crippen LogP contribution in [0.25, 0.3) is 5.69 Å². The van der Waals surface area contributed by atoms with Gasteiger partial charge in [-0.15, -0.1) is 0 Å². The number of aromatic nitrogens is 2. The summed E-state index contributed by atoms with van der Waals surface area (Å²) >= 11 is 6.04. The molecular formula is C26H17ClF3N3O3. The van der Waals surface area contributed by atoms with Gasteiger partial charge >= 0.3 is 12.1 Å². The molecule has 1 atom stereocenters. The van der Waals surface area contributed by atoms with Crippen molar-refractivity contribution in [3.63, 3.8) is 0 Å². The van der Waals surface area contributed by atoms with E-state index in [0.717, 1.165) is 16.0 Å². The van der Waals surface area contributed by atoms with Gasteiger partial charge in [0.25, 0.3) is 0 Å². The summed E-state index contributed by atoms with van der Waals surface area (Å²) in [5, 5.41) is 5.30. The SMILES string of the molecule is O=C(ON1C=COc2c(c(C(F)(F)F)nn2-c2ccccc2)C1c1ccc(Cl)cc1)c1ccccc1. The zero-order valence-electron chi connectivity index (χ0n) is 18.4. The van der Waals surface area contributed by atoms with E-state index in [2.05, 4.69) is 5.10 Å². The average molecular weight is 512 g/mol. The van der Waals surface area contributed by atoms with E-state index in [1.807, 2.05) is 0 Å². The van der Waals surface area contributed by atoms with Crippen LogP contribution in [0.3, 0.4) is 0 Å². The van der Waals surface area contributed by atoms with Gasteiger partial charge in [-0.1, -0.05) is 60.1 Å². The van der Waals surface area contributed by atoms with E-state index in [9.17, 15) is 18.0 Å². The molecule has 0 spiro atoms. The Kier molecular flexibility index (Phi) is 6.15. The van der Waals surface area contributed by atoms with Crippen molar-refractivity contribution in [1.82, 2.24) is 14.8 Å². The number of hydroxylamine groups is 2. The van der Waals surface area contributed by atoms with Crippen molar-refractivity contribution >= 4 is 17.6 Å². The maximum absolute atomic E-state index is 14.3. The molecule has 0 radical (unpaired) electrons. The molecule has 0 bridgehead atoms. The molecule has 6 nitrogen and oxygen atoms in total. The summed E-state index contributed by atoms with van der Waals surface area (Å²) in [6, 6.07) is 21.3. The van der Waals surface area contributed by atoms with E-state index in [-0.39, 0.29) is 17.0 Å². The van der Waals surface area contributed by atoms with Gasteiger partial charge in [-0.3, -0.25) is 0 Å². The zero-order chi connectivity index (χ0) is 25.3. The highest BCUT2D eigenvalue weighted by molar-refractivity contribution is 6.30. The summed E-state index contributed by atoms with van der Waals surface area (Å²) in [4.78, 5) is 18.5. The summed E-state index contributed by atoms with van der Waals surface area (Å²) in [6.45, 7) is 0. The monoisotopic (exact) mass is 511 g/mol. The second-order valence-electron chi connectivity index (χ2n) is 7.77. The Morgan fingerprint density at radius 3 is 2.22 bits per heavy atom. The highest BCUT2D eigenvalue weighted by Crippen LogP contribution is 2.46. The van der Waals surface area contributed by atoms with Crippen LogP contribution in [0.1, 0.15) is 33.2 Å². The Labute approximate surface area is 208 Å². The number of hydrogen-bond donors (Lipinski definition) is 0. The Morgan fingerprint density at radius 2 is 1.58 bits per heavy atom. The molecule has 0 fully saturated rings. The Morgan fingerprint density at radius 1 is 0.944 bits per heavy atom. The first kappa shape index (κ1) is 23.5. The fraction of sp³-hybridized carbons (Fsp3) is 0.0769. The van der Waals surface area contributed by atoms with E-state index < -0.39 is 23.9 Å². The largest absolute Gasteiger partial charge is 0.445 e. The molecule has 2 heterocycles. The van der Waals surface area contributed by atoms with Crippen molar-refractivity contribution in [2.24, 2.45) is 0 Å². The molecule has 10 heteroatoms. The fourth-order valence-corrected chi connectivity index (χ4v) is 3.99. The van der Waals surface area contributed by atoms with Crippen LogP contribution in [-0.2, 0) is 11.0 Å². The second kappa shape index (κ2) is 9.43. The molecule has 1 aromatic heterocycles. The molecule has 3 aromatic carbocycles. The minimum absolute atomic E-state index is 0.164. The number of para-hydroxylation sites is 1. The molecule has 0 N–H and O–H groups in total. The highest BCUT2D eigenvalue weighted by atomic mass is 35.5. The van der Waals surface area contributed by atoms with Crippen LogP contribution in [0, 0.1) is 0 Å². The van der Waals surface area contributed by atoms with Crippen LogP contribution in [0.4, 0.5) is 13.2 Å². The summed E-state index contributed by atoms with van der Waals surface area (Å²) < 4.78 is 49.8. The van der Waals surface area contributed by atoms with E-state index >= 15 is 0 Å². The molecule has 5 rings (SSSR count). The first-order chi connectivity index (χ1) is 17.3. The predicted octanol–water partition coefficient (Wildman–Crippen LogP) is 6.57. The van der Waals surface area contributed by atoms with Crippen LogP contribution in [0.5, 0.6) is 5.88 Å². The maximum Gasteiger partial charge on any atom is 0.435 e. The molecule has 0 amide bonds. The number of halogens is 4. The molecule has 1 unspecified atom stereocenters. The number of nitrogens with zero attached hydrogens (tertiary/aromatic N) is 3. The third-order valence-electron chi connectivity index (χ3n) is 5.45. The number of carbonyl (C=O) groups is 1. The van der Waals surface area contributed by atoms with Gasteiger partial charge in [-0.2, -0.15) is 28.0 Å². The molecule has 0 aliphatic carbocycles. The molecule has 1 aliphatic heterocycles. The van der Waals surface area contributed by atoms with Crippen molar-refractivity contribution in [3.8, 4) is 11.6 Å². The fourth-order valence-electron chi connectivity index (χ4n) is 3.86. The lowest BCUT2D eigenvalue weighted by molar-refractivity contribution is -0.144. The standard InChI is InChI=1S/C26H17ClF3N3O3/c27-19-13-11-17(12-14-19)22-21-23(26(28,29)30)31-33(20-9-5-2-6-10-20)24(21)35-16-15-32(22)36-25(34)18-7-3-1-4-8-18/h1-16,22H. The lowest BCUT2D eigenvalue weighted by atomic mass is 9.98. The smallest absolute Gasteiger partial charge is 0.435 e. The number of benzene rings is 3. The van der Waals surface area contributed by atoms with Gasteiger partial charge in [0.15, 0.2) is 5.69 Å². The zero-order valence-corrected chi connectivity index (χ0v) is 19.1. The topological polar surface area (TPSA) is 56.6 Å². The molecule has 182 valence electrons. The summed E-state index contributed by atoms with van der Waals surface area (Å²) in [5.41, 5.74) is -0.538. The van der Waals surface area contributed by atoms with Gasteiger partial charge < -0.3 is 9.57 Å². The number of ether oxygens (including phenoxy) is 1. The van der Waals surface area contributed by atoms with E-state index in [4.69, 9.17) is 21.2 Å². The lowest BCUT2D eigenvalue weighted by Crippen LogP contribution is -2.29. The Hall–Kier alpha value is -4.24. The highest BCUT2D eigenvalue weighted by Gasteiger charge is 2.45. The molecule has 4 aromatic rings. The normalized spacial score (nSPS) is 15.1. The first-order valence-corrected chi connectivity index (χ1v) is 11.1. The van der Waals surface area contributed by atoms with Gasteiger partial charge in [0.1, 0.15) is 12.3 Å². The molecule has 1 aliphatic rings. The van der Waals surface area contributed by atoms with Gasteiger partial charge in [0.05, 0.1) is 23.0 Å². The first-order valence-electron chi connectivity index (χ1n) is 10.7. The van der Waals surface area contributed by atoms with Crippen LogP contribution in [0.2, 0.25) is 5.02 Å². The number of hydrogen-bond acceptors (Lipinski definition) is 5. The van der Waals surface area contributed by atoms with Crippen molar-refractivity contribution < 1.29 is 27.5 Å². The quantitative estimate of drug-likeness (QED) is 0.310. The predicted molar refractivity (Wildman–Crippen MR) is 125 cm³/mol. The second-order valence-corrected chi connectivity index (χ2v) is 8.21. The molecular weight excluding hydrogens is 495 g/mol. The van der Waals surface area contributed by atoms with Crippen molar-refractivity contribution in [3.05, 3.63) is 125 Å². The van der Waals surface area contributed by atoms with Crippen LogP contribution >= 0.6 is 11.6 Å². The molecule has 0 saturated heterocycles. The third kappa shape index (κ3) is 4.52. The number of carbonyl (C=O) groups excluding carboxylic acids is 1. The van der Waals surface area contributed by atoms with E-state index in [1.165, 1.54) is 30.5 Å². The summed E-state index contributed by atoms with van der Waals surface area (Å²) in [6.07, 6.45) is -2.43. The summed E-state index contributed by atoms with van der Waals surface area (Å²) in [7, 11) is 0. The number of rotatable bonds is 4. The van der Waals surface area contributed by atoms with Gasteiger partial charge in [-0.05, 0) is 42.0 Å². The van der Waals surface area contributed by atoms with Gasteiger partial charge in [-0.25, -0.2) is 4.79 Å². The van der Waals surface area contributed by atoms with Crippen LogP contribution < -0.4 is 4.74 Å². The maximum atomic E-state index is 14.3. The van der Waals surface area contributed by atoms with Crippen molar-refractivity contribution in [1.29, 1.82) is 0 Å². The minimum Gasteiger partial charge on any atom is -0.445 e. The van der Waals surface area contributed by atoms with E-state index in [1.54, 1.807) is 60.7 Å². The van der Waals surface area contributed by atoms with Crippen LogP contribution in [-0.4, -0.2) is 20.8 Å². The summed E-state index contributed by atoms with van der Waals surface area (Å²) in [5.74, 6) is -0.922. The molecule has 36 heavy (non-hydrogen) atoms. The van der Waals surface area contributed by atoms with E-state index in [0.29, 0.717) is 16.3 Å². The number of alkyl halides is 3. The van der Waals surface area contributed by atoms with Crippen molar-refractivity contribution in [2.45, 2.75) is 12.2 Å². The van der Waals surface area contributed by atoms with Crippen molar-refractivity contribution in [2.75, 3.05) is 0 Å². The third-order valence-corrected chi connectivity index (χ3v) is 5.70. The Bertz CT molecular complexity index is 1410. The lowest BCUT2D eigenvalue weighted by Gasteiger charge is -2.28. The number of fused-ring (bicyclic) bond motifs is 1. The van der Waals surface area contributed by atoms with Crippen LogP contribution in [0.15, 0.2) is 97.4 Å². The Balaban J connectivity index is 1.70. The van der Waals surface area contributed by atoms with Gasteiger partial charge in [0.2, 0.25) is 5.88 Å². The average Bonchev–Trinajstić information content (AvgIpc) is 3.16. The molecule has 0 saturated carbocycles. The van der Waals surface area contributed by atoms with Gasteiger partial charge in [0, 0.05) is 5.02 Å².